The van der Waals surface area contributed by atoms with Crippen LogP contribution in [0.2, 0.25) is 10.0 Å². The third kappa shape index (κ3) is 6.25. The largest absolute Gasteiger partial charge is 0.417 e. The van der Waals surface area contributed by atoms with Crippen molar-refractivity contribution < 1.29 is 31.2 Å². The maximum Gasteiger partial charge on any atom is 0.417 e. The van der Waals surface area contributed by atoms with Crippen LogP contribution in [0.15, 0.2) is 58.1 Å². The highest BCUT2D eigenvalue weighted by Gasteiger charge is 2.36. The Morgan fingerprint density at radius 3 is 2.39 bits per heavy atom. The molecule has 0 saturated carbocycles. The zero-order valence-electron chi connectivity index (χ0n) is 18.7. The number of alkyl halides is 3. The van der Waals surface area contributed by atoms with Crippen LogP contribution in [0.25, 0.3) is 0 Å². The lowest BCUT2D eigenvalue weighted by molar-refractivity contribution is -0.137. The summed E-state index contributed by atoms with van der Waals surface area (Å²) in [6, 6.07) is 4.55. The van der Waals surface area contributed by atoms with Gasteiger partial charge in [-0.05, 0) is 49.7 Å². The summed E-state index contributed by atoms with van der Waals surface area (Å²) in [7, 11) is -3.14. The van der Waals surface area contributed by atoms with Crippen molar-refractivity contribution in [3.05, 3.63) is 69.3 Å². The van der Waals surface area contributed by atoms with E-state index in [0.29, 0.717) is 11.6 Å². The fourth-order valence-electron chi connectivity index (χ4n) is 3.31. The third-order valence-corrected chi connectivity index (χ3v) is 7.19. The minimum Gasteiger partial charge on any atom is -0.341 e. The number of nitrogens with one attached hydrogen (secondary N) is 3. The van der Waals surface area contributed by atoms with Crippen LogP contribution >= 0.6 is 23.2 Å². The Hall–Kier alpha value is -2.93. The molecular weight excluding hydrogens is 544 g/mol. The number of halogens is 5. The number of nitrogens with zero attached hydrogens (tertiary/aromatic N) is 1. The minimum atomic E-state index is -4.88. The van der Waals surface area contributed by atoms with E-state index in [1.54, 1.807) is 6.92 Å². The molecule has 2 aromatic carbocycles. The second-order valence-electron chi connectivity index (χ2n) is 7.74. The molecule has 8 nitrogen and oxygen atoms in total. The first kappa shape index (κ1) is 27.7. The Morgan fingerprint density at radius 2 is 1.75 bits per heavy atom. The number of amides is 2. The second-order valence-corrected chi connectivity index (χ2v) is 10.3. The summed E-state index contributed by atoms with van der Waals surface area (Å²) in [5.41, 5.74) is -0.750. The predicted octanol–water partition coefficient (Wildman–Crippen LogP) is 5.04. The van der Waals surface area contributed by atoms with Gasteiger partial charge in [0.15, 0.2) is 0 Å². The summed E-state index contributed by atoms with van der Waals surface area (Å²) >= 11 is 11.8. The number of anilines is 1. The first-order chi connectivity index (χ1) is 16.7. The molecule has 0 spiro atoms. The smallest absolute Gasteiger partial charge is 0.341 e. The van der Waals surface area contributed by atoms with Gasteiger partial charge in [-0.25, -0.2) is 17.9 Å². The first-order valence-electron chi connectivity index (χ1n) is 10.2. The highest BCUT2D eigenvalue weighted by atomic mass is 35.5. The van der Waals surface area contributed by atoms with Gasteiger partial charge in [0.2, 0.25) is 15.8 Å². The van der Waals surface area contributed by atoms with Crippen LogP contribution in [-0.4, -0.2) is 39.0 Å². The molecule has 1 atom stereocenters. The molecule has 1 unspecified atom stereocenters. The summed E-state index contributed by atoms with van der Waals surface area (Å²) in [5, 5.41) is 4.21. The number of urea groups is 1. The van der Waals surface area contributed by atoms with Gasteiger partial charge in [0.25, 0.3) is 0 Å². The molecule has 0 aromatic heterocycles. The topological polar surface area (TPSA) is 117 Å². The predicted molar refractivity (Wildman–Crippen MR) is 130 cm³/mol. The molecule has 3 rings (SSSR count). The average Bonchev–Trinajstić information content (AvgIpc) is 2.79. The monoisotopic (exact) mass is 562 g/mol. The Balaban J connectivity index is 1.96. The van der Waals surface area contributed by atoms with Crippen molar-refractivity contribution in [1.82, 2.24) is 10.0 Å². The average molecular weight is 563 g/mol. The number of carbonyl (C=O) groups excluding carboxylic acids is 2. The first-order valence-corrected chi connectivity index (χ1v) is 12.4. The van der Waals surface area contributed by atoms with Crippen LogP contribution in [0.4, 0.5) is 23.7 Å². The van der Waals surface area contributed by atoms with Crippen molar-refractivity contribution >= 4 is 56.4 Å². The Kier molecular flexibility index (Phi) is 8.13. The van der Waals surface area contributed by atoms with E-state index in [1.165, 1.54) is 31.4 Å². The van der Waals surface area contributed by atoms with Crippen LogP contribution < -0.4 is 15.4 Å². The number of Topliss-reactive ketones (excluding diaryl/α,β-unsaturated/α-hetero) is 1. The van der Waals surface area contributed by atoms with E-state index in [-0.39, 0.29) is 28.4 Å². The SMILES string of the molecule is CNC(=O)Nc1ccc(Cl)c(C(=O)C2=NC=C(C)CC2NS(=O)(=O)c2ccc(Cl)c(C(F)(F)F)c2)c1. The number of hydrogen-bond acceptors (Lipinski definition) is 5. The van der Waals surface area contributed by atoms with E-state index in [4.69, 9.17) is 23.2 Å². The van der Waals surface area contributed by atoms with Crippen molar-refractivity contribution in [3.63, 3.8) is 0 Å². The maximum absolute atomic E-state index is 13.3. The van der Waals surface area contributed by atoms with Crippen LogP contribution in [0, 0.1) is 0 Å². The van der Waals surface area contributed by atoms with Crippen molar-refractivity contribution in [2.24, 2.45) is 4.99 Å². The maximum atomic E-state index is 13.3. The number of benzene rings is 2. The molecule has 0 aliphatic carbocycles. The van der Waals surface area contributed by atoms with Crippen molar-refractivity contribution in [3.8, 4) is 0 Å². The van der Waals surface area contributed by atoms with Crippen LogP contribution in [0.1, 0.15) is 29.3 Å². The molecule has 1 aliphatic rings. The summed E-state index contributed by atoms with van der Waals surface area (Å²) in [6.07, 6.45) is -3.47. The van der Waals surface area contributed by atoms with E-state index in [9.17, 15) is 31.2 Å². The van der Waals surface area contributed by atoms with Crippen molar-refractivity contribution in [2.45, 2.75) is 30.5 Å². The summed E-state index contributed by atoms with van der Waals surface area (Å²) in [6.45, 7) is 1.65. The fourth-order valence-corrected chi connectivity index (χ4v) is 4.96. The van der Waals surface area contributed by atoms with Gasteiger partial charge in [0.05, 0.1) is 26.5 Å². The van der Waals surface area contributed by atoms with E-state index in [1.807, 2.05) is 0 Å². The lowest BCUT2D eigenvalue weighted by atomic mass is 9.95. The molecule has 1 aliphatic heterocycles. The summed E-state index contributed by atoms with van der Waals surface area (Å²) in [5.74, 6) is -0.732. The number of carbonyl (C=O) groups is 2. The second kappa shape index (κ2) is 10.6. The Bertz CT molecular complexity index is 1390. The number of rotatable bonds is 6. The van der Waals surface area contributed by atoms with Gasteiger partial charge in [-0.1, -0.05) is 28.8 Å². The Morgan fingerprint density at radius 1 is 1.08 bits per heavy atom. The van der Waals surface area contributed by atoms with Gasteiger partial charge < -0.3 is 10.6 Å². The molecule has 36 heavy (non-hydrogen) atoms. The molecule has 192 valence electrons. The number of sulfonamides is 1. The van der Waals surface area contributed by atoms with E-state index in [0.717, 1.165) is 12.1 Å². The van der Waals surface area contributed by atoms with Crippen LogP contribution in [0.3, 0.4) is 0 Å². The minimum absolute atomic E-state index is 0.0190. The normalized spacial score (nSPS) is 16.1. The van der Waals surface area contributed by atoms with Crippen molar-refractivity contribution in [1.29, 1.82) is 0 Å². The quantitative estimate of drug-likeness (QED) is 0.427. The van der Waals surface area contributed by atoms with Crippen molar-refractivity contribution in [2.75, 3.05) is 12.4 Å². The zero-order chi connectivity index (χ0) is 26.8. The molecule has 14 heteroatoms. The van der Waals surface area contributed by atoms with E-state index < -0.39 is 49.5 Å². The standard InChI is InChI=1S/C22H19Cl2F3N4O4S/c1-11-7-18(31-36(34,35)13-4-6-17(24)15(9-13)22(25,26)27)19(29-10-11)20(32)14-8-12(3-5-16(14)23)30-21(33)28-2/h3-6,8-10,18,31H,7H2,1-2H3,(H2,28,30,33). The summed E-state index contributed by atoms with van der Waals surface area (Å²) in [4.78, 5) is 28.3. The van der Waals surface area contributed by atoms with Crippen LogP contribution in [0.5, 0.6) is 0 Å². The fraction of sp³-hybridized carbons (Fsp3) is 0.227. The van der Waals surface area contributed by atoms with Gasteiger partial charge in [0.1, 0.15) is 5.71 Å². The number of ketones is 1. The third-order valence-electron chi connectivity index (χ3n) is 5.06. The Labute approximate surface area is 214 Å². The van der Waals surface area contributed by atoms with Gasteiger partial charge in [-0.2, -0.15) is 13.2 Å². The number of aliphatic imine (C=N–C) groups is 1. The highest BCUT2D eigenvalue weighted by Crippen LogP contribution is 2.36. The van der Waals surface area contributed by atoms with E-state index >= 15 is 0 Å². The van der Waals surface area contributed by atoms with E-state index in [2.05, 4.69) is 20.3 Å². The zero-order valence-corrected chi connectivity index (χ0v) is 21.0. The van der Waals surface area contributed by atoms with Gasteiger partial charge in [-0.3, -0.25) is 9.79 Å². The molecule has 0 saturated heterocycles. The molecule has 3 N–H and O–H groups in total. The summed E-state index contributed by atoms with van der Waals surface area (Å²) < 4.78 is 68.0. The molecule has 0 fully saturated rings. The molecule has 0 bridgehead atoms. The molecular formula is C22H19Cl2F3N4O4S. The molecule has 2 aromatic rings. The van der Waals surface area contributed by atoms with Gasteiger partial charge >= 0.3 is 12.2 Å². The lowest BCUT2D eigenvalue weighted by Gasteiger charge is -2.23. The molecule has 0 radical (unpaired) electrons. The lowest BCUT2D eigenvalue weighted by Crippen LogP contribution is -2.45. The highest BCUT2D eigenvalue weighted by molar-refractivity contribution is 7.89. The van der Waals surface area contributed by atoms with Crippen LogP contribution in [-0.2, 0) is 16.2 Å². The molecule has 1 heterocycles. The number of hydrogen-bond donors (Lipinski definition) is 3. The van der Waals surface area contributed by atoms with Gasteiger partial charge in [0, 0.05) is 24.5 Å². The molecule has 2 amide bonds. The van der Waals surface area contributed by atoms with Gasteiger partial charge in [-0.15, -0.1) is 0 Å².